The van der Waals surface area contributed by atoms with Crippen LogP contribution in [-0.2, 0) is 14.8 Å². The van der Waals surface area contributed by atoms with Crippen LogP contribution >= 0.6 is 11.6 Å². The van der Waals surface area contributed by atoms with E-state index < -0.39 is 15.9 Å². The fourth-order valence-electron chi connectivity index (χ4n) is 2.40. The summed E-state index contributed by atoms with van der Waals surface area (Å²) >= 11 is 5.77. The zero-order valence-corrected chi connectivity index (χ0v) is 15.5. The first-order chi connectivity index (χ1) is 12.4. The van der Waals surface area contributed by atoms with Crippen molar-refractivity contribution in [2.24, 2.45) is 0 Å². The molecule has 2 aromatic rings. The predicted molar refractivity (Wildman–Crippen MR) is 97.3 cm³/mol. The maximum absolute atomic E-state index is 12.5. The number of likely N-dealkylation sites (N-methyl/N-ethyl adjacent to an activating group) is 1. The highest BCUT2D eigenvalue weighted by Crippen LogP contribution is 2.32. The van der Waals surface area contributed by atoms with Crippen LogP contribution in [0.5, 0.6) is 11.5 Å². The van der Waals surface area contributed by atoms with E-state index in [0.717, 1.165) is 4.31 Å². The Bertz CT molecular complexity index is 915. The van der Waals surface area contributed by atoms with E-state index in [4.69, 9.17) is 21.1 Å². The zero-order valence-electron chi connectivity index (χ0n) is 13.9. The molecule has 0 saturated carbocycles. The number of benzene rings is 2. The lowest BCUT2D eigenvalue weighted by Crippen LogP contribution is -2.35. The van der Waals surface area contributed by atoms with Crippen molar-refractivity contribution in [2.75, 3.05) is 32.1 Å². The summed E-state index contributed by atoms with van der Waals surface area (Å²) < 4.78 is 36.8. The van der Waals surface area contributed by atoms with E-state index in [9.17, 15) is 13.2 Å². The maximum Gasteiger partial charge on any atom is 0.243 e. The highest BCUT2D eigenvalue weighted by molar-refractivity contribution is 7.89. The molecule has 9 heteroatoms. The normalized spacial score (nSPS) is 13.5. The van der Waals surface area contributed by atoms with E-state index in [2.05, 4.69) is 5.32 Å². The molecule has 0 fully saturated rings. The second-order valence-electron chi connectivity index (χ2n) is 5.62. The van der Waals surface area contributed by atoms with Gasteiger partial charge in [-0.1, -0.05) is 11.6 Å². The predicted octanol–water partition coefficient (Wildman–Crippen LogP) is 2.37. The van der Waals surface area contributed by atoms with Gasteiger partial charge in [-0.3, -0.25) is 4.79 Å². The van der Waals surface area contributed by atoms with Gasteiger partial charge in [0.05, 0.1) is 11.4 Å². The van der Waals surface area contributed by atoms with E-state index in [-0.39, 0.29) is 11.4 Å². The Morgan fingerprint density at radius 1 is 1.12 bits per heavy atom. The van der Waals surface area contributed by atoms with Gasteiger partial charge in [0.15, 0.2) is 11.5 Å². The first-order valence-corrected chi connectivity index (χ1v) is 9.59. The van der Waals surface area contributed by atoms with Crippen molar-refractivity contribution in [3.8, 4) is 11.5 Å². The van der Waals surface area contributed by atoms with Crippen LogP contribution in [0.3, 0.4) is 0 Å². The van der Waals surface area contributed by atoms with Gasteiger partial charge in [-0.2, -0.15) is 4.31 Å². The molecule has 3 rings (SSSR count). The van der Waals surface area contributed by atoms with Gasteiger partial charge >= 0.3 is 0 Å². The van der Waals surface area contributed by atoms with Crippen LogP contribution in [0.4, 0.5) is 5.69 Å². The molecule has 0 unspecified atom stereocenters. The Morgan fingerprint density at radius 3 is 2.46 bits per heavy atom. The number of anilines is 1. The number of halogens is 1. The lowest BCUT2D eigenvalue weighted by Gasteiger charge is -2.20. The number of ether oxygens (including phenoxy) is 2. The van der Waals surface area contributed by atoms with E-state index in [1.807, 2.05) is 0 Å². The van der Waals surface area contributed by atoms with Crippen molar-refractivity contribution < 1.29 is 22.7 Å². The van der Waals surface area contributed by atoms with Crippen molar-refractivity contribution in [2.45, 2.75) is 4.90 Å². The molecule has 1 N–H and O–H groups in total. The summed E-state index contributed by atoms with van der Waals surface area (Å²) in [4.78, 5) is 12.3. The van der Waals surface area contributed by atoms with Gasteiger partial charge in [-0.05, 0) is 36.4 Å². The molecule has 0 radical (unpaired) electrons. The van der Waals surface area contributed by atoms with E-state index in [1.165, 1.54) is 31.3 Å². The standard InChI is InChI=1S/C17H17ClN2O5S/c1-20(26(22,23)14-5-2-12(18)3-6-14)11-17(21)19-13-4-7-15-16(10-13)25-9-8-24-15/h2-7,10H,8-9,11H2,1H3,(H,19,21). The molecule has 0 aliphatic carbocycles. The molecule has 7 nitrogen and oxygen atoms in total. The van der Waals surface area contributed by atoms with Gasteiger partial charge < -0.3 is 14.8 Å². The molecule has 26 heavy (non-hydrogen) atoms. The van der Waals surface area contributed by atoms with E-state index in [0.29, 0.717) is 35.4 Å². The number of carbonyl (C=O) groups excluding carboxylic acids is 1. The highest BCUT2D eigenvalue weighted by Gasteiger charge is 2.23. The van der Waals surface area contributed by atoms with E-state index in [1.54, 1.807) is 18.2 Å². The molecular formula is C17H17ClN2O5S. The van der Waals surface area contributed by atoms with Crippen molar-refractivity contribution in [1.29, 1.82) is 0 Å². The molecule has 1 heterocycles. The molecule has 0 atom stereocenters. The number of hydrogen-bond donors (Lipinski definition) is 1. The molecule has 0 aromatic heterocycles. The molecule has 0 bridgehead atoms. The summed E-state index contributed by atoms with van der Waals surface area (Å²) in [5.74, 6) is 0.676. The number of fused-ring (bicyclic) bond motifs is 1. The Labute approximate surface area is 156 Å². The first kappa shape index (κ1) is 18.5. The van der Waals surface area contributed by atoms with Gasteiger partial charge in [-0.15, -0.1) is 0 Å². The largest absolute Gasteiger partial charge is 0.486 e. The second kappa shape index (κ2) is 7.53. The lowest BCUT2D eigenvalue weighted by atomic mass is 10.2. The molecule has 138 valence electrons. The average molecular weight is 397 g/mol. The fraction of sp³-hybridized carbons (Fsp3) is 0.235. The number of rotatable bonds is 5. The smallest absolute Gasteiger partial charge is 0.243 e. The number of nitrogens with one attached hydrogen (secondary N) is 1. The van der Waals surface area contributed by atoms with Crippen molar-refractivity contribution in [1.82, 2.24) is 4.31 Å². The summed E-state index contributed by atoms with van der Waals surface area (Å²) in [6.07, 6.45) is 0. The van der Waals surface area contributed by atoms with Crippen LogP contribution in [0.1, 0.15) is 0 Å². The summed E-state index contributed by atoms with van der Waals surface area (Å²) in [6.45, 7) is 0.581. The van der Waals surface area contributed by atoms with Gasteiger partial charge in [-0.25, -0.2) is 8.42 Å². The van der Waals surface area contributed by atoms with Gasteiger partial charge in [0.2, 0.25) is 15.9 Å². The number of nitrogens with zero attached hydrogens (tertiary/aromatic N) is 1. The molecule has 2 aromatic carbocycles. The SMILES string of the molecule is CN(CC(=O)Nc1ccc2c(c1)OCCO2)S(=O)(=O)c1ccc(Cl)cc1. The minimum absolute atomic E-state index is 0.0662. The minimum atomic E-state index is -3.79. The number of sulfonamides is 1. The van der Waals surface area contributed by atoms with Crippen molar-refractivity contribution in [3.63, 3.8) is 0 Å². The Balaban J connectivity index is 1.66. The zero-order chi connectivity index (χ0) is 18.7. The quantitative estimate of drug-likeness (QED) is 0.838. The highest BCUT2D eigenvalue weighted by atomic mass is 35.5. The molecular weight excluding hydrogens is 380 g/mol. The minimum Gasteiger partial charge on any atom is -0.486 e. The van der Waals surface area contributed by atoms with Crippen LogP contribution in [0.15, 0.2) is 47.4 Å². The van der Waals surface area contributed by atoms with Gasteiger partial charge in [0.1, 0.15) is 13.2 Å². The Kier molecular flexibility index (Phi) is 5.36. The summed E-state index contributed by atoms with van der Waals surface area (Å²) in [5, 5.41) is 3.09. The third-order valence-corrected chi connectivity index (χ3v) is 5.78. The van der Waals surface area contributed by atoms with Gasteiger partial charge in [0, 0.05) is 23.8 Å². The number of amides is 1. The third kappa shape index (κ3) is 4.09. The first-order valence-electron chi connectivity index (χ1n) is 7.78. The molecule has 0 saturated heterocycles. The topological polar surface area (TPSA) is 84.9 Å². The Morgan fingerprint density at radius 2 is 1.77 bits per heavy atom. The number of hydrogen-bond acceptors (Lipinski definition) is 5. The maximum atomic E-state index is 12.5. The van der Waals surface area contributed by atoms with E-state index >= 15 is 0 Å². The molecule has 1 aliphatic heterocycles. The van der Waals surface area contributed by atoms with Crippen LogP contribution in [0, 0.1) is 0 Å². The third-order valence-electron chi connectivity index (χ3n) is 3.71. The van der Waals surface area contributed by atoms with Crippen LogP contribution < -0.4 is 14.8 Å². The molecule has 1 aliphatic rings. The summed E-state index contributed by atoms with van der Waals surface area (Å²) in [7, 11) is -2.45. The van der Waals surface area contributed by atoms with Crippen LogP contribution in [-0.4, -0.2) is 45.4 Å². The van der Waals surface area contributed by atoms with Crippen molar-refractivity contribution in [3.05, 3.63) is 47.5 Å². The molecule has 0 spiro atoms. The van der Waals surface area contributed by atoms with Crippen LogP contribution in [0.2, 0.25) is 5.02 Å². The summed E-state index contributed by atoms with van der Waals surface area (Å²) in [5.41, 5.74) is 0.497. The lowest BCUT2D eigenvalue weighted by molar-refractivity contribution is -0.116. The van der Waals surface area contributed by atoms with Crippen molar-refractivity contribution >= 4 is 33.2 Å². The molecule has 1 amide bonds. The fourth-order valence-corrected chi connectivity index (χ4v) is 3.65. The summed E-state index contributed by atoms with van der Waals surface area (Å²) in [6, 6.07) is 10.8. The average Bonchev–Trinajstić information content (AvgIpc) is 2.61. The number of carbonyl (C=O) groups is 1. The Hall–Kier alpha value is -2.29. The monoisotopic (exact) mass is 396 g/mol. The van der Waals surface area contributed by atoms with Gasteiger partial charge in [0.25, 0.3) is 0 Å². The van der Waals surface area contributed by atoms with Crippen LogP contribution in [0.25, 0.3) is 0 Å². The second-order valence-corrected chi connectivity index (χ2v) is 8.10.